The highest BCUT2D eigenvalue weighted by atomic mass is 19.1. The Hall–Kier alpha value is -6.30. The van der Waals surface area contributed by atoms with Gasteiger partial charge in [-0.25, -0.2) is 13.8 Å². The van der Waals surface area contributed by atoms with E-state index < -0.39 is 10.8 Å². The Morgan fingerprint density at radius 3 is 1.54 bits per heavy atom. The van der Waals surface area contributed by atoms with Crippen molar-refractivity contribution in [3.05, 3.63) is 149 Å². The fourth-order valence-electron chi connectivity index (χ4n) is 7.79. The zero-order valence-corrected chi connectivity index (χ0v) is 35.6. The van der Waals surface area contributed by atoms with E-state index >= 15 is 0 Å². The smallest absolute Gasteiger partial charge is 0.198 e. The molecule has 10 nitrogen and oxygen atoms in total. The van der Waals surface area contributed by atoms with E-state index in [1.165, 1.54) is 12.8 Å². The maximum absolute atomic E-state index is 14.9. The van der Waals surface area contributed by atoms with E-state index in [0.29, 0.717) is 52.6 Å². The predicted octanol–water partition coefficient (Wildman–Crippen LogP) is 10.3. The fourth-order valence-corrected chi connectivity index (χ4v) is 7.79. The number of guanidine groups is 2. The second-order valence-electron chi connectivity index (χ2n) is 16.8. The highest BCUT2D eigenvalue weighted by Gasteiger charge is 2.31. The standard InChI is InChI=1S/C25H29FN4O.C24H27FN4O/c1-25(2,19-11-12-21(22(26)15-19)18-9-5-3-6-10-18)23-16-20(29-31-23)17-28-24(27)30-13-7-4-8-14-30;1-24(2,18-11-12-19(20(25)15-18)17-9-5-3-6-10-17)21-16-22(28-30-21)27-23(26)29-13-7-4-8-14-29/h3,5-6,9-12,15-16H,4,7-8,13-14,17H2,1-2H3,(H2,27,28);3,5-6,9-12,15-16H,4,7-8,13-14H2,1-2H3,(H2,26,27,28). The average Bonchev–Trinajstić information content (AvgIpc) is 3.98. The van der Waals surface area contributed by atoms with Gasteiger partial charge >= 0.3 is 0 Å². The predicted molar refractivity (Wildman–Crippen MR) is 238 cm³/mol. The van der Waals surface area contributed by atoms with E-state index in [-0.39, 0.29) is 11.6 Å². The molecule has 2 saturated heterocycles. The van der Waals surface area contributed by atoms with Gasteiger partial charge in [0.05, 0.1) is 17.4 Å². The van der Waals surface area contributed by atoms with Crippen molar-refractivity contribution in [2.24, 2.45) is 21.5 Å². The first-order chi connectivity index (χ1) is 29.4. The van der Waals surface area contributed by atoms with Gasteiger partial charge in [-0.15, -0.1) is 0 Å². The van der Waals surface area contributed by atoms with E-state index in [0.717, 1.165) is 74.1 Å². The summed E-state index contributed by atoms with van der Waals surface area (Å²) in [5.74, 6) is 2.21. The Labute approximate surface area is 357 Å². The fraction of sp³-hybridized carbons (Fsp3) is 0.347. The van der Waals surface area contributed by atoms with Gasteiger partial charge in [-0.05, 0) is 101 Å². The van der Waals surface area contributed by atoms with Crippen LogP contribution in [0.25, 0.3) is 22.3 Å². The molecule has 318 valence electrons. The number of halogens is 2. The molecular weight excluding hydrogens is 771 g/mol. The minimum Gasteiger partial charge on any atom is -0.370 e. The van der Waals surface area contributed by atoms with Gasteiger partial charge in [0, 0.05) is 49.4 Å². The second-order valence-corrected chi connectivity index (χ2v) is 16.8. The largest absolute Gasteiger partial charge is 0.370 e. The van der Waals surface area contributed by atoms with E-state index in [2.05, 4.69) is 30.1 Å². The molecule has 0 amide bonds. The molecule has 0 unspecified atom stereocenters. The Bertz CT molecular complexity index is 2430. The van der Waals surface area contributed by atoms with Gasteiger partial charge in [0.25, 0.3) is 0 Å². The summed E-state index contributed by atoms with van der Waals surface area (Å²) in [6, 6.07) is 33.4. The number of benzene rings is 4. The maximum Gasteiger partial charge on any atom is 0.198 e. The van der Waals surface area contributed by atoms with Crippen molar-refractivity contribution >= 4 is 17.7 Å². The number of nitrogens with two attached hydrogens (primary N) is 2. The van der Waals surface area contributed by atoms with Crippen LogP contribution >= 0.6 is 0 Å². The summed E-state index contributed by atoms with van der Waals surface area (Å²) in [5.41, 5.74) is 16.4. The molecule has 2 fully saturated rings. The quantitative estimate of drug-likeness (QED) is 0.109. The van der Waals surface area contributed by atoms with Crippen molar-refractivity contribution in [1.82, 2.24) is 20.1 Å². The Morgan fingerprint density at radius 2 is 1.05 bits per heavy atom. The number of aromatic nitrogens is 2. The van der Waals surface area contributed by atoms with Crippen molar-refractivity contribution in [2.45, 2.75) is 83.6 Å². The molecule has 61 heavy (non-hydrogen) atoms. The van der Waals surface area contributed by atoms with Crippen LogP contribution < -0.4 is 11.5 Å². The van der Waals surface area contributed by atoms with Crippen LogP contribution in [0.1, 0.15) is 94.6 Å². The van der Waals surface area contributed by atoms with Gasteiger partial charge < -0.3 is 30.3 Å². The third-order valence-corrected chi connectivity index (χ3v) is 11.8. The number of hydrogen-bond donors (Lipinski definition) is 2. The molecule has 2 aromatic heterocycles. The van der Waals surface area contributed by atoms with Gasteiger partial charge in [-0.1, -0.05) is 95.2 Å². The van der Waals surface area contributed by atoms with Crippen LogP contribution in [-0.4, -0.2) is 58.2 Å². The first kappa shape index (κ1) is 42.8. The lowest BCUT2D eigenvalue weighted by molar-refractivity contribution is 0.334. The van der Waals surface area contributed by atoms with E-state index in [1.807, 2.05) is 119 Å². The van der Waals surface area contributed by atoms with Crippen molar-refractivity contribution in [3.8, 4) is 22.3 Å². The second kappa shape index (κ2) is 19.0. The van der Waals surface area contributed by atoms with Crippen LogP contribution in [0.3, 0.4) is 0 Å². The van der Waals surface area contributed by atoms with Crippen LogP contribution in [0.4, 0.5) is 14.6 Å². The molecule has 0 atom stereocenters. The Balaban J connectivity index is 0.000000184. The van der Waals surface area contributed by atoms with Crippen molar-refractivity contribution in [2.75, 3.05) is 26.2 Å². The van der Waals surface area contributed by atoms with Gasteiger partial charge in [-0.2, -0.15) is 4.99 Å². The zero-order valence-electron chi connectivity index (χ0n) is 35.6. The summed E-state index contributed by atoms with van der Waals surface area (Å²) >= 11 is 0. The van der Waals surface area contributed by atoms with Gasteiger partial charge in [0.1, 0.15) is 28.8 Å². The summed E-state index contributed by atoms with van der Waals surface area (Å²) < 4.78 is 41.0. The molecule has 0 aliphatic carbocycles. The molecule has 4 heterocycles. The molecule has 2 aliphatic heterocycles. The number of aliphatic imine (C=N–C) groups is 2. The van der Waals surface area contributed by atoms with Crippen LogP contribution in [0, 0.1) is 11.6 Å². The van der Waals surface area contributed by atoms with E-state index in [4.69, 9.17) is 20.5 Å². The highest BCUT2D eigenvalue weighted by Crippen LogP contribution is 2.37. The molecule has 12 heteroatoms. The number of likely N-dealkylation sites (tertiary alicyclic amines) is 2. The van der Waals surface area contributed by atoms with Crippen LogP contribution in [0.15, 0.2) is 128 Å². The normalized spacial score (nSPS) is 15.4. The Kier molecular flexibility index (Phi) is 13.3. The summed E-state index contributed by atoms with van der Waals surface area (Å²) in [4.78, 5) is 13.1. The SMILES string of the molecule is CC(C)(c1ccc(-c2ccccc2)c(F)c1)c1cc(CN=C(N)N2CCCCC2)no1.CC(C)(c1ccc(-c2ccccc2)c(F)c1)c1cc(N=C(N)N2CCCCC2)no1. The van der Waals surface area contributed by atoms with Gasteiger partial charge in [0.2, 0.25) is 0 Å². The van der Waals surface area contributed by atoms with Crippen molar-refractivity contribution < 1.29 is 17.8 Å². The van der Waals surface area contributed by atoms with Crippen LogP contribution in [0.5, 0.6) is 0 Å². The molecular formula is C49H56F2N8O2. The average molecular weight is 827 g/mol. The van der Waals surface area contributed by atoms with Crippen molar-refractivity contribution in [3.63, 3.8) is 0 Å². The third-order valence-electron chi connectivity index (χ3n) is 11.8. The molecule has 4 N–H and O–H groups in total. The number of hydrogen-bond acceptors (Lipinski definition) is 6. The van der Waals surface area contributed by atoms with Crippen molar-refractivity contribution in [1.29, 1.82) is 0 Å². The molecule has 4 aromatic carbocycles. The molecule has 0 bridgehead atoms. The monoisotopic (exact) mass is 826 g/mol. The van der Waals surface area contributed by atoms with Crippen LogP contribution in [-0.2, 0) is 17.4 Å². The Morgan fingerprint density at radius 1 is 0.590 bits per heavy atom. The van der Waals surface area contributed by atoms with Gasteiger partial charge in [0.15, 0.2) is 17.7 Å². The summed E-state index contributed by atoms with van der Waals surface area (Å²) in [7, 11) is 0. The molecule has 2 aliphatic rings. The van der Waals surface area contributed by atoms with E-state index in [9.17, 15) is 8.78 Å². The topological polar surface area (TPSA) is 135 Å². The molecule has 0 radical (unpaired) electrons. The first-order valence-electron chi connectivity index (χ1n) is 21.2. The lowest BCUT2D eigenvalue weighted by Crippen LogP contribution is -2.40. The molecule has 8 rings (SSSR count). The molecule has 0 saturated carbocycles. The zero-order chi connectivity index (χ0) is 43.0. The molecule has 6 aromatic rings. The summed E-state index contributed by atoms with van der Waals surface area (Å²) in [6.07, 6.45) is 7.02. The van der Waals surface area contributed by atoms with Gasteiger partial charge in [-0.3, -0.25) is 0 Å². The first-order valence-corrected chi connectivity index (χ1v) is 21.2. The number of rotatable bonds is 9. The third kappa shape index (κ3) is 10.2. The lowest BCUT2D eigenvalue weighted by atomic mass is 9.81. The number of nitrogens with zero attached hydrogens (tertiary/aromatic N) is 6. The minimum absolute atomic E-state index is 0.254. The highest BCUT2D eigenvalue weighted by molar-refractivity contribution is 5.80. The number of piperidine rings is 2. The van der Waals surface area contributed by atoms with E-state index in [1.54, 1.807) is 18.2 Å². The summed E-state index contributed by atoms with van der Waals surface area (Å²) in [6.45, 7) is 12.1. The maximum atomic E-state index is 14.9. The minimum atomic E-state index is -0.573. The summed E-state index contributed by atoms with van der Waals surface area (Å²) in [5, 5.41) is 8.23. The van der Waals surface area contributed by atoms with Crippen LogP contribution in [0.2, 0.25) is 0 Å². The lowest BCUT2D eigenvalue weighted by Gasteiger charge is -2.27. The molecule has 0 spiro atoms.